The Balaban J connectivity index is 1.80. The van der Waals surface area contributed by atoms with Crippen LogP contribution in [0.4, 0.5) is 0 Å². The van der Waals surface area contributed by atoms with Crippen molar-refractivity contribution in [3.63, 3.8) is 0 Å². The highest BCUT2D eigenvalue weighted by Gasteiger charge is 2.25. The Morgan fingerprint density at radius 1 is 1.35 bits per heavy atom. The highest BCUT2D eigenvalue weighted by atomic mass is 32.2. The molecule has 1 N–H and O–H groups in total. The molecule has 2 atom stereocenters. The molecule has 4 nitrogen and oxygen atoms in total. The maximum absolute atomic E-state index is 11.3. The van der Waals surface area contributed by atoms with Crippen LogP contribution < -0.4 is 14.8 Å². The Labute approximate surface area is 123 Å². The van der Waals surface area contributed by atoms with Crippen LogP contribution in [0.3, 0.4) is 0 Å². The van der Waals surface area contributed by atoms with Crippen LogP contribution >= 0.6 is 11.8 Å². The first-order chi connectivity index (χ1) is 9.76. The Morgan fingerprint density at radius 2 is 2.25 bits per heavy atom. The first-order valence-electron chi connectivity index (χ1n) is 6.95. The predicted octanol–water partition coefficient (Wildman–Crippen LogP) is 2.18. The summed E-state index contributed by atoms with van der Waals surface area (Å²) in [6.07, 6.45) is 1.92. The van der Waals surface area contributed by atoms with E-state index in [1.165, 1.54) is 0 Å². The van der Waals surface area contributed by atoms with E-state index in [1.54, 1.807) is 7.11 Å². The summed E-state index contributed by atoms with van der Waals surface area (Å²) in [5, 5.41) is 2.87. The molecule has 20 heavy (non-hydrogen) atoms. The molecule has 2 fully saturated rings. The molecule has 0 saturated carbocycles. The van der Waals surface area contributed by atoms with Crippen molar-refractivity contribution in [2.24, 2.45) is 0 Å². The molecule has 5 heteroatoms. The SMILES string of the molecule is COc1ccc(C2CNC(=O)C2)cc1OC1CCSC1. The summed E-state index contributed by atoms with van der Waals surface area (Å²) in [4.78, 5) is 11.3. The quantitative estimate of drug-likeness (QED) is 0.924. The maximum Gasteiger partial charge on any atom is 0.220 e. The molecular weight excluding hydrogens is 274 g/mol. The highest BCUT2D eigenvalue weighted by molar-refractivity contribution is 7.99. The lowest BCUT2D eigenvalue weighted by molar-refractivity contribution is -0.119. The largest absolute Gasteiger partial charge is 0.493 e. The Morgan fingerprint density at radius 3 is 2.90 bits per heavy atom. The zero-order valence-electron chi connectivity index (χ0n) is 11.6. The monoisotopic (exact) mass is 293 g/mol. The number of hydrogen-bond donors (Lipinski definition) is 1. The molecule has 3 rings (SSSR count). The molecule has 2 unspecified atom stereocenters. The van der Waals surface area contributed by atoms with Crippen molar-refractivity contribution in [1.29, 1.82) is 0 Å². The van der Waals surface area contributed by atoms with Crippen molar-refractivity contribution < 1.29 is 14.3 Å². The highest BCUT2D eigenvalue weighted by Crippen LogP contribution is 2.35. The van der Waals surface area contributed by atoms with Gasteiger partial charge in [0.05, 0.1) is 7.11 Å². The fraction of sp³-hybridized carbons (Fsp3) is 0.533. The zero-order valence-corrected chi connectivity index (χ0v) is 12.4. The molecule has 2 aliphatic heterocycles. The van der Waals surface area contributed by atoms with Crippen molar-refractivity contribution in [2.75, 3.05) is 25.2 Å². The summed E-state index contributed by atoms with van der Waals surface area (Å²) in [6.45, 7) is 0.712. The minimum absolute atomic E-state index is 0.125. The number of carbonyl (C=O) groups excluding carboxylic acids is 1. The molecular formula is C15H19NO3S. The number of thioether (sulfide) groups is 1. The van der Waals surface area contributed by atoms with Gasteiger partial charge in [-0.25, -0.2) is 0 Å². The molecule has 1 aromatic carbocycles. The first-order valence-corrected chi connectivity index (χ1v) is 8.11. The van der Waals surface area contributed by atoms with Gasteiger partial charge in [-0.3, -0.25) is 4.79 Å². The van der Waals surface area contributed by atoms with Crippen LogP contribution in [0.2, 0.25) is 0 Å². The smallest absolute Gasteiger partial charge is 0.220 e. The van der Waals surface area contributed by atoms with Gasteiger partial charge in [0.2, 0.25) is 5.91 Å². The lowest BCUT2D eigenvalue weighted by Gasteiger charge is -2.17. The number of benzene rings is 1. The van der Waals surface area contributed by atoms with E-state index in [0.717, 1.165) is 35.0 Å². The van der Waals surface area contributed by atoms with Gasteiger partial charge in [0.1, 0.15) is 6.10 Å². The van der Waals surface area contributed by atoms with E-state index in [2.05, 4.69) is 5.32 Å². The molecule has 0 aromatic heterocycles. The molecule has 0 aliphatic carbocycles. The van der Waals surface area contributed by atoms with E-state index in [4.69, 9.17) is 9.47 Å². The van der Waals surface area contributed by atoms with Crippen LogP contribution in [0.5, 0.6) is 11.5 Å². The van der Waals surface area contributed by atoms with E-state index in [-0.39, 0.29) is 17.9 Å². The van der Waals surface area contributed by atoms with E-state index >= 15 is 0 Å². The van der Waals surface area contributed by atoms with E-state index in [9.17, 15) is 4.79 Å². The Kier molecular flexibility index (Phi) is 4.05. The van der Waals surface area contributed by atoms with Gasteiger partial charge in [-0.2, -0.15) is 11.8 Å². The van der Waals surface area contributed by atoms with E-state index in [1.807, 2.05) is 30.0 Å². The molecule has 0 bridgehead atoms. The fourth-order valence-corrected chi connectivity index (χ4v) is 3.76. The number of ether oxygens (including phenoxy) is 2. The third-order valence-corrected chi connectivity index (χ3v) is 4.95. The van der Waals surface area contributed by atoms with Crippen molar-refractivity contribution >= 4 is 17.7 Å². The van der Waals surface area contributed by atoms with Crippen LogP contribution in [0.15, 0.2) is 18.2 Å². The number of hydrogen-bond acceptors (Lipinski definition) is 4. The lowest BCUT2D eigenvalue weighted by atomic mass is 9.98. The third kappa shape index (κ3) is 2.87. The van der Waals surface area contributed by atoms with Crippen molar-refractivity contribution in [2.45, 2.75) is 24.9 Å². The maximum atomic E-state index is 11.3. The van der Waals surface area contributed by atoms with Crippen LogP contribution in [0, 0.1) is 0 Å². The molecule has 0 spiro atoms. The summed E-state index contributed by atoms with van der Waals surface area (Å²) in [6, 6.07) is 6.00. The minimum Gasteiger partial charge on any atom is -0.493 e. The number of carbonyl (C=O) groups is 1. The lowest BCUT2D eigenvalue weighted by Crippen LogP contribution is -2.16. The van der Waals surface area contributed by atoms with Gasteiger partial charge in [-0.15, -0.1) is 0 Å². The van der Waals surface area contributed by atoms with Crippen LogP contribution in [-0.4, -0.2) is 37.2 Å². The summed E-state index contributed by atoms with van der Waals surface area (Å²) in [5.74, 6) is 4.14. The molecule has 0 radical (unpaired) electrons. The van der Waals surface area contributed by atoms with E-state index < -0.39 is 0 Å². The molecule has 1 amide bonds. The second-order valence-electron chi connectivity index (χ2n) is 5.22. The number of methoxy groups -OCH3 is 1. The topological polar surface area (TPSA) is 47.6 Å². The number of nitrogens with one attached hydrogen (secondary N) is 1. The predicted molar refractivity (Wildman–Crippen MR) is 79.7 cm³/mol. The van der Waals surface area contributed by atoms with Gasteiger partial charge in [-0.1, -0.05) is 6.07 Å². The summed E-state index contributed by atoms with van der Waals surface area (Å²) in [5.41, 5.74) is 1.14. The van der Waals surface area contributed by atoms with Gasteiger partial charge in [-0.05, 0) is 29.9 Å². The average molecular weight is 293 g/mol. The normalized spacial score (nSPS) is 25.6. The van der Waals surface area contributed by atoms with Crippen LogP contribution in [-0.2, 0) is 4.79 Å². The van der Waals surface area contributed by atoms with Gasteiger partial charge in [0.25, 0.3) is 0 Å². The van der Waals surface area contributed by atoms with Crippen molar-refractivity contribution in [1.82, 2.24) is 5.32 Å². The fourth-order valence-electron chi connectivity index (χ4n) is 2.67. The first kappa shape index (κ1) is 13.6. The Hall–Kier alpha value is -1.36. The molecule has 2 aliphatic rings. The molecule has 1 aromatic rings. The summed E-state index contributed by atoms with van der Waals surface area (Å²) in [7, 11) is 1.66. The zero-order chi connectivity index (χ0) is 13.9. The minimum atomic E-state index is 0.125. The number of rotatable bonds is 4. The molecule has 2 saturated heterocycles. The van der Waals surface area contributed by atoms with E-state index in [0.29, 0.717) is 13.0 Å². The second kappa shape index (κ2) is 5.95. The third-order valence-electron chi connectivity index (χ3n) is 3.82. The standard InChI is InChI=1S/C15H19NO3S/c1-18-13-3-2-10(11-7-15(17)16-8-11)6-14(13)19-12-4-5-20-9-12/h2-3,6,11-12H,4-5,7-9H2,1H3,(H,16,17). The summed E-state index contributed by atoms with van der Waals surface area (Å²) < 4.78 is 11.5. The van der Waals surface area contributed by atoms with Gasteiger partial charge in [0, 0.05) is 24.6 Å². The van der Waals surface area contributed by atoms with Crippen molar-refractivity contribution in [3.8, 4) is 11.5 Å². The van der Waals surface area contributed by atoms with Gasteiger partial charge >= 0.3 is 0 Å². The van der Waals surface area contributed by atoms with Crippen LogP contribution in [0.1, 0.15) is 24.3 Å². The molecule has 2 heterocycles. The van der Waals surface area contributed by atoms with Crippen LogP contribution in [0.25, 0.3) is 0 Å². The van der Waals surface area contributed by atoms with Gasteiger partial charge < -0.3 is 14.8 Å². The molecule has 108 valence electrons. The number of amides is 1. The summed E-state index contributed by atoms with van der Waals surface area (Å²) >= 11 is 1.92. The second-order valence-corrected chi connectivity index (χ2v) is 6.37. The van der Waals surface area contributed by atoms with Crippen molar-refractivity contribution in [3.05, 3.63) is 23.8 Å². The Bertz CT molecular complexity index is 500. The van der Waals surface area contributed by atoms with Gasteiger partial charge in [0.15, 0.2) is 11.5 Å². The average Bonchev–Trinajstić information content (AvgIpc) is 3.10.